The van der Waals surface area contributed by atoms with Crippen molar-refractivity contribution in [3.05, 3.63) is 42.7 Å². The van der Waals surface area contributed by atoms with E-state index in [0.717, 1.165) is 43.5 Å². The molecule has 2 amide bonds. The topological polar surface area (TPSA) is 73.8 Å². The van der Waals surface area contributed by atoms with E-state index < -0.39 is 0 Å². The highest BCUT2D eigenvalue weighted by molar-refractivity contribution is 5.93. The van der Waals surface area contributed by atoms with Crippen LogP contribution in [0.4, 0.5) is 22.1 Å². The maximum Gasteiger partial charge on any atom is 0.322 e. The van der Waals surface area contributed by atoms with Crippen molar-refractivity contribution in [3.8, 4) is 0 Å². The summed E-state index contributed by atoms with van der Waals surface area (Å²) < 4.78 is 5.43. The molecule has 2 saturated heterocycles. The molecular formula is C19H24N6O2. The molecule has 0 aliphatic carbocycles. The van der Waals surface area contributed by atoms with E-state index in [4.69, 9.17) is 4.74 Å². The monoisotopic (exact) mass is 368 g/mol. The summed E-state index contributed by atoms with van der Waals surface area (Å²) in [4.78, 5) is 27.5. The molecule has 4 rings (SSSR count). The predicted molar refractivity (Wildman–Crippen MR) is 104 cm³/mol. The van der Waals surface area contributed by atoms with Gasteiger partial charge in [0, 0.05) is 51.7 Å². The molecule has 2 aliphatic heterocycles. The number of anilines is 3. The van der Waals surface area contributed by atoms with E-state index in [9.17, 15) is 4.79 Å². The molecule has 0 atom stereocenters. The summed E-state index contributed by atoms with van der Waals surface area (Å²) in [6, 6.07) is 9.69. The van der Waals surface area contributed by atoms with Crippen LogP contribution >= 0.6 is 0 Å². The third-order valence-corrected chi connectivity index (χ3v) is 4.90. The van der Waals surface area contributed by atoms with Crippen molar-refractivity contribution < 1.29 is 9.53 Å². The number of nitrogens with one attached hydrogen (secondary N) is 1. The number of benzene rings is 1. The van der Waals surface area contributed by atoms with Gasteiger partial charge in [0.15, 0.2) is 0 Å². The number of aromatic nitrogens is 2. The standard InChI is InChI=1S/C19H24N6O2/c26-19(25-10-8-24(9-11-25)18-20-6-3-7-21-18)22-16-4-1-2-5-17(16)23-12-14-27-15-13-23/h1-7H,8-15H2,(H,22,26). The van der Waals surface area contributed by atoms with Crippen LogP contribution in [-0.2, 0) is 4.74 Å². The first-order valence-corrected chi connectivity index (χ1v) is 9.31. The molecule has 2 fully saturated rings. The van der Waals surface area contributed by atoms with E-state index in [1.54, 1.807) is 18.5 Å². The lowest BCUT2D eigenvalue weighted by molar-refractivity contribution is 0.123. The van der Waals surface area contributed by atoms with E-state index in [0.29, 0.717) is 26.3 Å². The van der Waals surface area contributed by atoms with Crippen LogP contribution < -0.4 is 15.1 Å². The summed E-state index contributed by atoms with van der Waals surface area (Å²) in [6.45, 7) is 5.83. The van der Waals surface area contributed by atoms with Gasteiger partial charge in [-0.2, -0.15) is 0 Å². The number of piperazine rings is 1. The van der Waals surface area contributed by atoms with Gasteiger partial charge >= 0.3 is 6.03 Å². The van der Waals surface area contributed by atoms with Crippen LogP contribution in [0.1, 0.15) is 0 Å². The zero-order chi connectivity index (χ0) is 18.5. The van der Waals surface area contributed by atoms with Crippen LogP contribution in [0.3, 0.4) is 0 Å². The van der Waals surface area contributed by atoms with Crippen molar-refractivity contribution in [2.75, 3.05) is 67.6 Å². The Hall–Kier alpha value is -2.87. The summed E-state index contributed by atoms with van der Waals surface area (Å²) in [5.74, 6) is 0.718. The minimum absolute atomic E-state index is 0.0654. The molecule has 8 nitrogen and oxygen atoms in total. The maximum absolute atomic E-state index is 12.8. The number of urea groups is 1. The van der Waals surface area contributed by atoms with Crippen LogP contribution in [-0.4, -0.2) is 73.4 Å². The van der Waals surface area contributed by atoms with E-state index in [1.165, 1.54) is 0 Å². The van der Waals surface area contributed by atoms with Gasteiger partial charge in [0.05, 0.1) is 24.6 Å². The van der Waals surface area contributed by atoms with Crippen LogP contribution in [0.5, 0.6) is 0 Å². The molecule has 0 spiro atoms. The van der Waals surface area contributed by atoms with Gasteiger partial charge in [-0.25, -0.2) is 14.8 Å². The maximum atomic E-state index is 12.8. The summed E-state index contributed by atoms with van der Waals surface area (Å²) >= 11 is 0. The number of para-hydroxylation sites is 2. The van der Waals surface area contributed by atoms with Crippen LogP contribution in [0, 0.1) is 0 Å². The molecule has 1 N–H and O–H groups in total. The normalized spacial score (nSPS) is 17.7. The minimum atomic E-state index is -0.0654. The van der Waals surface area contributed by atoms with Crippen molar-refractivity contribution in [1.29, 1.82) is 0 Å². The van der Waals surface area contributed by atoms with Crippen molar-refractivity contribution in [2.24, 2.45) is 0 Å². The SMILES string of the molecule is O=C(Nc1ccccc1N1CCOCC1)N1CCN(c2ncccn2)CC1. The number of morpholine rings is 1. The van der Waals surface area contributed by atoms with E-state index in [2.05, 4.69) is 25.1 Å². The van der Waals surface area contributed by atoms with E-state index in [-0.39, 0.29) is 6.03 Å². The number of hydrogen-bond donors (Lipinski definition) is 1. The summed E-state index contributed by atoms with van der Waals surface area (Å²) in [5, 5.41) is 3.09. The van der Waals surface area contributed by atoms with Crippen molar-refractivity contribution >= 4 is 23.4 Å². The Bertz CT molecular complexity index is 758. The molecule has 0 saturated carbocycles. The molecule has 8 heteroatoms. The Kier molecular flexibility index (Phi) is 5.34. The largest absolute Gasteiger partial charge is 0.378 e. The smallest absolute Gasteiger partial charge is 0.322 e. The van der Waals surface area contributed by atoms with Crippen LogP contribution in [0.25, 0.3) is 0 Å². The molecule has 3 heterocycles. The van der Waals surface area contributed by atoms with Gasteiger partial charge in [-0.05, 0) is 18.2 Å². The van der Waals surface area contributed by atoms with Crippen LogP contribution in [0.2, 0.25) is 0 Å². The molecule has 1 aromatic carbocycles. The average Bonchev–Trinajstić information content (AvgIpc) is 2.75. The minimum Gasteiger partial charge on any atom is -0.378 e. The van der Waals surface area contributed by atoms with Gasteiger partial charge < -0.3 is 24.8 Å². The Morgan fingerprint density at radius 3 is 2.33 bits per heavy atom. The Labute approximate surface area is 158 Å². The average molecular weight is 368 g/mol. The van der Waals surface area contributed by atoms with Gasteiger partial charge in [-0.1, -0.05) is 12.1 Å². The fourth-order valence-electron chi connectivity index (χ4n) is 3.42. The first-order chi connectivity index (χ1) is 13.3. The lowest BCUT2D eigenvalue weighted by atomic mass is 10.2. The molecule has 142 valence electrons. The quantitative estimate of drug-likeness (QED) is 0.888. The Morgan fingerprint density at radius 2 is 1.59 bits per heavy atom. The summed E-state index contributed by atoms with van der Waals surface area (Å²) in [7, 11) is 0. The Balaban J connectivity index is 1.37. The van der Waals surface area contributed by atoms with Crippen molar-refractivity contribution in [3.63, 3.8) is 0 Å². The van der Waals surface area contributed by atoms with E-state index in [1.807, 2.05) is 29.2 Å². The first-order valence-electron chi connectivity index (χ1n) is 9.31. The van der Waals surface area contributed by atoms with Gasteiger partial charge in [0.2, 0.25) is 5.95 Å². The fraction of sp³-hybridized carbons (Fsp3) is 0.421. The van der Waals surface area contributed by atoms with Gasteiger partial charge in [-0.3, -0.25) is 0 Å². The number of carbonyl (C=O) groups excluding carboxylic acids is 1. The second-order valence-electron chi connectivity index (χ2n) is 6.57. The van der Waals surface area contributed by atoms with Crippen molar-refractivity contribution in [2.45, 2.75) is 0 Å². The molecule has 0 unspecified atom stereocenters. The predicted octanol–water partition coefficient (Wildman–Crippen LogP) is 1.67. The second kappa shape index (κ2) is 8.22. The van der Waals surface area contributed by atoms with Gasteiger partial charge in [-0.15, -0.1) is 0 Å². The number of hydrogen-bond acceptors (Lipinski definition) is 6. The highest BCUT2D eigenvalue weighted by Gasteiger charge is 2.23. The molecule has 27 heavy (non-hydrogen) atoms. The fourth-order valence-corrected chi connectivity index (χ4v) is 3.42. The van der Waals surface area contributed by atoms with Gasteiger partial charge in [0.25, 0.3) is 0 Å². The lowest BCUT2D eigenvalue weighted by Crippen LogP contribution is -2.50. The van der Waals surface area contributed by atoms with E-state index >= 15 is 0 Å². The number of ether oxygens (including phenoxy) is 1. The van der Waals surface area contributed by atoms with Crippen LogP contribution in [0.15, 0.2) is 42.7 Å². The number of amides is 2. The molecule has 2 aliphatic rings. The van der Waals surface area contributed by atoms with Crippen molar-refractivity contribution in [1.82, 2.24) is 14.9 Å². The third kappa shape index (κ3) is 4.11. The zero-order valence-corrected chi connectivity index (χ0v) is 15.3. The molecule has 2 aromatic rings. The summed E-state index contributed by atoms with van der Waals surface area (Å²) in [6.07, 6.45) is 3.48. The molecular weight excluding hydrogens is 344 g/mol. The highest BCUT2D eigenvalue weighted by atomic mass is 16.5. The number of carbonyl (C=O) groups is 1. The Morgan fingerprint density at radius 1 is 0.889 bits per heavy atom. The number of nitrogens with zero attached hydrogens (tertiary/aromatic N) is 5. The second-order valence-corrected chi connectivity index (χ2v) is 6.57. The van der Waals surface area contributed by atoms with Gasteiger partial charge in [0.1, 0.15) is 0 Å². The lowest BCUT2D eigenvalue weighted by Gasteiger charge is -2.35. The molecule has 0 bridgehead atoms. The molecule has 0 radical (unpaired) electrons. The highest BCUT2D eigenvalue weighted by Crippen LogP contribution is 2.26. The summed E-state index contributed by atoms with van der Waals surface area (Å²) in [5.41, 5.74) is 1.89. The molecule has 1 aromatic heterocycles. The zero-order valence-electron chi connectivity index (χ0n) is 15.3. The third-order valence-electron chi connectivity index (χ3n) is 4.90. The first kappa shape index (κ1) is 17.5. The number of rotatable bonds is 3.